The largest absolute Gasteiger partial charge is 0.573 e. The van der Waals surface area contributed by atoms with Crippen molar-refractivity contribution >= 4 is 27.3 Å². The number of hydrogen-bond donors (Lipinski definition) is 1. The van der Waals surface area contributed by atoms with Crippen LogP contribution < -0.4 is 10.1 Å². The van der Waals surface area contributed by atoms with Gasteiger partial charge >= 0.3 is 6.36 Å². The maximum atomic E-state index is 12.3. The second-order valence-corrected chi connectivity index (χ2v) is 6.85. The number of thiophene rings is 1. The molecular weight excluding hydrogens is 367 g/mol. The minimum absolute atomic E-state index is 0.184. The number of ether oxygens (including phenoxy) is 1. The molecule has 1 aromatic carbocycles. The lowest BCUT2D eigenvalue weighted by atomic mass is 10.0. The number of nitrogens with one attached hydrogen (secondary N) is 1. The molecule has 2 aromatic rings. The van der Waals surface area contributed by atoms with Crippen molar-refractivity contribution in [2.45, 2.75) is 19.3 Å². The van der Waals surface area contributed by atoms with Crippen LogP contribution in [0.3, 0.4) is 0 Å². The van der Waals surface area contributed by atoms with Crippen molar-refractivity contribution < 1.29 is 17.9 Å². The Morgan fingerprint density at radius 1 is 1.29 bits per heavy atom. The summed E-state index contributed by atoms with van der Waals surface area (Å²) in [4.78, 5) is 1.02. The molecule has 1 atom stereocenters. The van der Waals surface area contributed by atoms with Gasteiger partial charge in [0.2, 0.25) is 0 Å². The van der Waals surface area contributed by atoms with Gasteiger partial charge in [-0.3, -0.25) is 0 Å². The summed E-state index contributed by atoms with van der Waals surface area (Å²) in [6.07, 6.45) is -4.68. The summed E-state index contributed by atoms with van der Waals surface area (Å²) in [6, 6.07) is 7.84. The highest BCUT2D eigenvalue weighted by Gasteiger charge is 2.31. The predicted octanol–water partition coefficient (Wildman–Crippen LogP) is 5.03. The Balaban J connectivity index is 2.32. The first-order valence-corrected chi connectivity index (χ1v) is 7.70. The summed E-state index contributed by atoms with van der Waals surface area (Å²) in [5.74, 6) is -0.215. The van der Waals surface area contributed by atoms with Crippen LogP contribution in [0.4, 0.5) is 13.2 Å². The monoisotopic (exact) mass is 379 g/mol. The van der Waals surface area contributed by atoms with Crippen molar-refractivity contribution in [3.63, 3.8) is 0 Å². The second-order valence-electron chi connectivity index (χ2n) is 4.45. The van der Waals surface area contributed by atoms with E-state index in [9.17, 15) is 13.2 Å². The second kappa shape index (κ2) is 6.37. The Morgan fingerprint density at radius 2 is 2.00 bits per heavy atom. The van der Waals surface area contributed by atoms with Gasteiger partial charge in [0.05, 0.1) is 9.83 Å². The SMILES string of the molecule is CNC(c1cccc(OC(F)(F)F)c1)c1cc(C)c(Br)s1. The van der Waals surface area contributed by atoms with Crippen molar-refractivity contribution in [3.05, 3.63) is 50.1 Å². The normalized spacial score (nSPS) is 13.2. The van der Waals surface area contributed by atoms with Gasteiger partial charge in [-0.15, -0.1) is 24.5 Å². The highest BCUT2D eigenvalue weighted by atomic mass is 79.9. The van der Waals surface area contributed by atoms with Crippen LogP contribution in [-0.2, 0) is 0 Å². The van der Waals surface area contributed by atoms with Gasteiger partial charge in [-0.2, -0.15) is 0 Å². The van der Waals surface area contributed by atoms with E-state index < -0.39 is 6.36 Å². The van der Waals surface area contributed by atoms with Crippen LogP contribution in [0.15, 0.2) is 34.1 Å². The molecule has 0 aliphatic rings. The molecule has 2 nitrogen and oxygen atoms in total. The number of halogens is 4. The Labute approximate surface area is 133 Å². The molecular formula is C14H13BrF3NOS. The standard InChI is InChI=1S/C14H13BrF3NOS/c1-8-6-11(21-13(8)15)12(19-2)9-4-3-5-10(7-9)20-14(16,17)18/h3-7,12,19H,1-2H3. The molecule has 1 unspecified atom stereocenters. The molecule has 1 N–H and O–H groups in total. The van der Waals surface area contributed by atoms with Crippen LogP contribution in [0, 0.1) is 6.92 Å². The molecule has 2 rings (SSSR count). The van der Waals surface area contributed by atoms with Crippen molar-refractivity contribution in [3.8, 4) is 5.75 Å². The average molecular weight is 380 g/mol. The molecule has 0 amide bonds. The Bertz CT molecular complexity index is 607. The number of alkyl halides is 3. The van der Waals surface area contributed by atoms with E-state index in [1.165, 1.54) is 12.1 Å². The van der Waals surface area contributed by atoms with Crippen molar-refractivity contribution in [1.29, 1.82) is 0 Å². The molecule has 114 valence electrons. The zero-order valence-electron chi connectivity index (χ0n) is 11.3. The first-order chi connectivity index (χ1) is 9.80. The smallest absolute Gasteiger partial charge is 0.406 e. The summed E-state index contributed by atoms with van der Waals surface area (Å²) in [7, 11) is 1.77. The molecule has 0 spiro atoms. The molecule has 1 aromatic heterocycles. The lowest BCUT2D eigenvalue weighted by Crippen LogP contribution is -2.19. The Hall–Kier alpha value is -1.05. The third kappa shape index (κ3) is 4.21. The van der Waals surface area contributed by atoms with Crippen LogP contribution in [0.25, 0.3) is 0 Å². The molecule has 1 heterocycles. The molecule has 0 saturated carbocycles. The zero-order valence-corrected chi connectivity index (χ0v) is 13.7. The summed E-state index contributed by atoms with van der Waals surface area (Å²) >= 11 is 5.01. The van der Waals surface area contributed by atoms with Gasteiger partial charge < -0.3 is 10.1 Å². The fraction of sp³-hybridized carbons (Fsp3) is 0.286. The Kier molecular flexibility index (Phi) is 4.95. The van der Waals surface area contributed by atoms with Crippen molar-refractivity contribution in [1.82, 2.24) is 5.32 Å². The van der Waals surface area contributed by atoms with Crippen molar-refractivity contribution in [2.75, 3.05) is 7.05 Å². The number of aryl methyl sites for hydroxylation is 1. The van der Waals surface area contributed by atoms with E-state index in [4.69, 9.17) is 0 Å². The minimum Gasteiger partial charge on any atom is -0.406 e. The quantitative estimate of drug-likeness (QED) is 0.804. The van der Waals surface area contributed by atoms with Gasteiger partial charge in [0.25, 0.3) is 0 Å². The average Bonchev–Trinajstić information content (AvgIpc) is 2.68. The maximum absolute atomic E-state index is 12.3. The number of hydrogen-bond acceptors (Lipinski definition) is 3. The van der Waals surface area contributed by atoms with E-state index in [1.54, 1.807) is 30.5 Å². The van der Waals surface area contributed by atoms with Gasteiger partial charge in [0.1, 0.15) is 5.75 Å². The molecule has 21 heavy (non-hydrogen) atoms. The van der Waals surface area contributed by atoms with E-state index in [2.05, 4.69) is 26.0 Å². The van der Waals surface area contributed by atoms with Crippen LogP contribution in [0.5, 0.6) is 5.75 Å². The van der Waals surface area contributed by atoms with Crippen LogP contribution in [0.2, 0.25) is 0 Å². The van der Waals surface area contributed by atoms with Crippen LogP contribution >= 0.6 is 27.3 Å². The third-order valence-electron chi connectivity index (χ3n) is 2.87. The molecule has 0 fully saturated rings. The first-order valence-electron chi connectivity index (χ1n) is 6.09. The fourth-order valence-corrected chi connectivity index (χ4v) is 3.70. The van der Waals surface area contributed by atoms with Gasteiger partial charge in [0, 0.05) is 4.88 Å². The fourth-order valence-electron chi connectivity index (χ4n) is 1.99. The van der Waals surface area contributed by atoms with Crippen LogP contribution in [-0.4, -0.2) is 13.4 Å². The van der Waals surface area contributed by atoms with Crippen molar-refractivity contribution in [2.24, 2.45) is 0 Å². The molecule has 7 heteroatoms. The summed E-state index contributed by atoms with van der Waals surface area (Å²) in [5, 5.41) is 3.12. The van der Waals surface area contributed by atoms with E-state index in [-0.39, 0.29) is 11.8 Å². The van der Waals surface area contributed by atoms with E-state index in [0.29, 0.717) is 5.56 Å². The summed E-state index contributed by atoms with van der Waals surface area (Å²) in [5.41, 5.74) is 1.81. The van der Waals surface area contributed by atoms with Crippen LogP contribution in [0.1, 0.15) is 22.0 Å². The maximum Gasteiger partial charge on any atom is 0.573 e. The molecule has 0 aliphatic carbocycles. The van der Waals surface area contributed by atoms with Gasteiger partial charge in [-0.25, -0.2) is 0 Å². The summed E-state index contributed by atoms with van der Waals surface area (Å²) in [6.45, 7) is 1.97. The number of rotatable bonds is 4. The first kappa shape index (κ1) is 16.3. The zero-order chi connectivity index (χ0) is 15.6. The third-order valence-corrected chi connectivity index (χ3v) is 5.08. The van der Waals surface area contributed by atoms with E-state index in [1.807, 2.05) is 13.0 Å². The van der Waals surface area contributed by atoms with Gasteiger partial charge in [-0.05, 0) is 59.2 Å². The topological polar surface area (TPSA) is 21.3 Å². The van der Waals surface area contributed by atoms with E-state index in [0.717, 1.165) is 14.2 Å². The molecule has 0 radical (unpaired) electrons. The number of benzene rings is 1. The highest BCUT2D eigenvalue weighted by Crippen LogP contribution is 2.35. The lowest BCUT2D eigenvalue weighted by Gasteiger charge is -2.16. The molecule has 0 saturated heterocycles. The molecule has 0 aliphatic heterocycles. The molecule has 0 bridgehead atoms. The highest BCUT2D eigenvalue weighted by molar-refractivity contribution is 9.11. The summed E-state index contributed by atoms with van der Waals surface area (Å²) < 4.78 is 41.9. The Morgan fingerprint density at radius 3 is 2.52 bits per heavy atom. The predicted molar refractivity (Wildman–Crippen MR) is 80.8 cm³/mol. The lowest BCUT2D eigenvalue weighted by molar-refractivity contribution is -0.274. The van der Waals surface area contributed by atoms with Gasteiger partial charge in [0.15, 0.2) is 0 Å². The van der Waals surface area contributed by atoms with Gasteiger partial charge in [-0.1, -0.05) is 12.1 Å². The van der Waals surface area contributed by atoms with E-state index >= 15 is 0 Å². The minimum atomic E-state index is -4.68.